The van der Waals surface area contributed by atoms with Crippen LogP contribution >= 0.6 is 24.0 Å². The molecule has 0 aliphatic carbocycles. The molecule has 10 heteroatoms. The lowest BCUT2D eigenvalue weighted by Crippen LogP contribution is -2.43. The van der Waals surface area contributed by atoms with E-state index in [0.717, 1.165) is 23.1 Å². The van der Waals surface area contributed by atoms with Crippen molar-refractivity contribution in [1.29, 1.82) is 0 Å². The second kappa shape index (κ2) is 9.23. The number of aliphatic carboxylic acids is 1. The number of thiocarbonyl (C=S) groups is 1. The summed E-state index contributed by atoms with van der Waals surface area (Å²) < 4.78 is 5.94. The van der Waals surface area contributed by atoms with E-state index >= 15 is 0 Å². The van der Waals surface area contributed by atoms with Crippen molar-refractivity contribution in [3.05, 3.63) is 57.2 Å². The molecule has 0 saturated carbocycles. The molecule has 1 unspecified atom stereocenters. The van der Waals surface area contributed by atoms with E-state index in [9.17, 15) is 24.8 Å². The number of nitrogens with zero attached hydrogens (tertiary/aromatic N) is 2. The molecule has 1 aromatic carbocycles. The van der Waals surface area contributed by atoms with Crippen molar-refractivity contribution in [2.45, 2.75) is 32.2 Å². The number of rotatable bonds is 8. The van der Waals surface area contributed by atoms with Crippen LogP contribution in [0.3, 0.4) is 0 Å². The first-order chi connectivity index (χ1) is 14.3. The zero-order valence-electron chi connectivity index (χ0n) is 15.9. The van der Waals surface area contributed by atoms with Gasteiger partial charge in [-0.2, -0.15) is 0 Å². The van der Waals surface area contributed by atoms with Crippen LogP contribution in [0.1, 0.15) is 31.9 Å². The van der Waals surface area contributed by atoms with E-state index in [1.54, 1.807) is 24.3 Å². The largest absolute Gasteiger partial charge is 0.480 e. The third kappa shape index (κ3) is 4.60. The maximum atomic E-state index is 12.8. The van der Waals surface area contributed by atoms with Crippen molar-refractivity contribution in [3.8, 4) is 11.3 Å². The van der Waals surface area contributed by atoms with Crippen LogP contribution in [0.2, 0.25) is 0 Å². The first kappa shape index (κ1) is 21.7. The Labute approximate surface area is 181 Å². The van der Waals surface area contributed by atoms with Crippen molar-refractivity contribution in [3.63, 3.8) is 0 Å². The molecule has 8 nitrogen and oxygen atoms in total. The maximum absolute atomic E-state index is 12.8. The minimum atomic E-state index is -1.08. The molecule has 1 atom stereocenters. The van der Waals surface area contributed by atoms with Crippen LogP contribution in [0.4, 0.5) is 5.69 Å². The van der Waals surface area contributed by atoms with Crippen molar-refractivity contribution >= 4 is 51.9 Å². The molecule has 1 fully saturated rings. The van der Waals surface area contributed by atoms with E-state index in [-0.39, 0.29) is 14.9 Å². The first-order valence-corrected chi connectivity index (χ1v) is 10.4. The van der Waals surface area contributed by atoms with Crippen LogP contribution in [-0.2, 0) is 9.59 Å². The molecule has 1 aliphatic rings. The Morgan fingerprint density at radius 1 is 1.33 bits per heavy atom. The van der Waals surface area contributed by atoms with E-state index in [4.69, 9.17) is 16.6 Å². The molecule has 1 aliphatic heterocycles. The molecule has 2 aromatic rings. The molecule has 1 saturated heterocycles. The van der Waals surface area contributed by atoms with Gasteiger partial charge in [0.15, 0.2) is 0 Å². The molecule has 0 radical (unpaired) electrons. The summed E-state index contributed by atoms with van der Waals surface area (Å²) in [5, 5.41) is 20.3. The second-order valence-corrected chi connectivity index (χ2v) is 8.23. The summed E-state index contributed by atoms with van der Waals surface area (Å²) >= 11 is 6.29. The molecule has 30 heavy (non-hydrogen) atoms. The topological polar surface area (TPSA) is 114 Å². The number of carbonyl (C=O) groups excluding carboxylic acids is 1. The zero-order valence-corrected chi connectivity index (χ0v) is 17.6. The van der Waals surface area contributed by atoms with Gasteiger partial charge in [-0.1, -0.05) is 43.7 Å². The van der Waals surface area contributed by atoms with E-state index in [0.29, 0.717) is 29.9 Å². The van der Waals surface area contributed by atoms with Crippen LogP contribution < -0.4 is 0 Å². The van der Waals surface area contributed by atoms with E-state index in [1.807, 2.05) is 6.92 Å². The summed E-state index contributed by atoms with van der Waals surface area (Å²) in [5.74, 6) is -0.663. The van der Waals surface area contributed by atoms with Crippen LogP contribution in [0.5, 0.6) is 0 Å². The van der Waals surface area contributed by atoms with Gasteiger partial charge in [0, 0.05) is 23.8 Å². The summed E-state index contributed by atoms with van der Waals surface area (Å²) in [5.41, 5.74) is 0.628. The van der Waals surface area contributed by atoms with Crippen LogP contribution in [0, 0.1) is 10.1 Å². The molecular formula is C20H18N2O6S2. The Morgan fingerprint density at radius 2 is 2.03 bits per heavy atom. The van der Waals surface area contributed by atoms with Gasteiger partial charge in [-0.3, -0.25) is 19.8 Å². The van der Waals surface area contributed by atoms with E-state index in [2.05, 4.69) is 0 Å². The Balaban J connectivity index is 1.80. The molecule has 2 heterocycles. The predicted octanol–water partition coefficient (Wildman–Crippen LogP) is 4.70. The Hall–Kier alpha value is -2.98. The summed E-state index contributed by atoms with van der Waals surface area (Å²) in [7, 11) is 0. The monoisotopic (exact) mass is 446 g/mol. The Kier molecular flexibility index (Phi) is 6.68. The molecule has 1 amide bonds. The number of nitro groups is 1. The standard InChI is InChI=1S/C20H18N2O6S2/c1-2-3-4-15(19(24)25)21-18(23)17(30-20(21)29)11-14-9-10-16(28-14)12-5-7-13(8-6-12)22(26)27/h5-11,15H,2-4H2,1H3,(H,24,25). The molecule has 1 aromatic heterocycles. The highest BCUT2D eigenvalue weighted by Crippen LogP contribution is 2.36. The third-order valence-electron chi connectivity index (χ3n) is 4.51. The number of carboxylic acids is 1. The van der Waals surface area contributed by atoms with Crippen LogP contribution in [0.15, 0.2) is 45.7 Å². The third-order valence-corrected chi connectivity index (χ3v) is 5.84. The van der Waals surface area contributed by atoms with Crippen molar-refractivity contribution in [2.75, 3.05) is 0 Å². The van der Waals surface area contributed by atoms with E-state index in [1.165, 1.54) is 18.2 Å². The van der Waals surface area contributed by atoms with Gasteiger partial charge in [-0.15, -0.1) is 0 Å². The first-order valence-electron chi connectivity index (χ1n) is 9.16. The van der Waals surface area contributed by atoms with Crippen molar-refractivity contribution in [2.24, 2.45) is 0 Å². The SMILES string of the molecule is CCCCC(C(=O)O)N1C(=O)C(=Cc2ccc(-c3ccc([N+](=O)[O-])cc3)o2)SC1=S. The number of amides is 1. The summed E-state index contributed by atoms with van der Waals surface area (Å²) in [6.07, 6.45) is 3.33. The highest BCUT2D eigenvalue weighted by molar-refractivity contribution is 8.26. The highest BCUT2D eigenvalue weighted by atomic mass is 32.2. The molecule has 0 spiro atoms. The average molecular weight is 447 g/mol. The maximum Gasteiger partial charge on any atom is 0.326 e. The number of furan rings is 1. The van der Waals surface area contributed by atoms with Crippen LogP contribution in [0.25, 0.3) is 17.4 Å². The van der Waals surface area contributed by atoms with Gasteiger partial charge in [-0.05, 0) is 30.7 Å². The predicted molar refractivity (Wildman–Crippen MR) is 117 cm³/mol. The molecule has 3 rings (SSSR count). The highest BCUT2D eigenvalue weighted by Gasteiger charge is 2.40. The number of benzene rings is 1. The number of hydrogen-bond donors (Lipinski definition) is 1. The number of thioether (sulfide) groups is 1. The van der Waals surface area contributed by atoms with Gasteiger partial charge in [0.25, 0.3) is 11.6 Å². The zero-order chi connectivity index (χ0) is 21.8. The van der Waals surface area contributed by atoms with E-state index < -0.39 is 22.8 Å². The number of nitro benzene ring substituents is 1. The molecular weight excluding hydrogens is 428 g/mol. The van der Waals surface area contributed by atoms with Gasteiger partial charge in [-0.25, -0.2) is 4.79 Å². The Morgan fingerprint density at radius 3 is 2.63 bits per heavy atom. The number of carbonyl (C=O) groups is 2. The lowest BCUT2D eigenvalue weighted by Gasteiger charge is -2.22. The van der Waals surface area contributed by atoms with Gasteiger partial charge in [0.2, 0.25) is 0 Å². The molecule has 0 bridgehead atoms. The fourth-order valence-corrected chi connectivity index (χ4v) is 4.31. The minimum Gasteiger partial charge on any atom is -0.480 e. The number of carboxylic acid groups (broad SMARTS) is 1. The lowest BCUT2D eigenvalue weighted by atomic mass is 10.1. The Bertz CT molecular complexity index is 1030. The van der Waals surface area contributed by atoms with Crippen molar-refractivity contribution < 1.29 is 24.0 Å². The number of non-ortho nitro benzene ring substituents is 1. The van der Waals surface area contributed by atoms with Crippen molar-refractivity contribution in [1.82, 2.24) is 4.90 Å². The van der Waals surface area contributed by atoms with Crippen LogP contribution in [-0.4, -0.2) is 37.2 Å². The van der Waals surface area contributed by atoms with Gasteiger partial charge in [0.1, 0.15) is 21.9 Å². The smallest absolute Gasteiger partial charge is 0.326 e. The summed E-state index contributed by atoms with van der Waals surface area (Å²) in [6, 6.07) is 8.27. The quantitative estimate of drug-likeness (QED) is 0.269. The lowest BCUT2D eigenvalue weighted by molar-refractivity contribution is -0.384. The summed E-state index contributed by atoms with van der Waals surface area (Å²) in [4.78, 5) is 36.1. The molecule has 156 valence electrons. The normalized spacial score (nSPS) is 16.3. The van der Waals surface area contributed by atoms with Gasteiger partial charge >= 0.3 is 5.97 Å². The van der Waals surface area contributed by atoms with Gasteiger partial charge < -0.3 is 9.52 Å². The summed E-state index contributed by atoms with van der Waals surface area (Å²) in [6.45, 7) is 1.95. The fraction of sp³-hybridized carbons (Fsp3) is 0.250. The van der Waals surface area contributed by atoms with Gasteiger partial charge in [0.05, 0.1) is 9.83 Å². The number of unbranched alkanes of at least 4 members (excludes halogenated alkanes) is 1. The number of hydrogen-bond acceptors (Lipinski definition) is 7. The second-order valence-electron chi connectivity index (χ2n) is 6.55. The molecule has 1 N–H and O–H groups in total. The fourth-order valence-electron chi connectivity index (χ4n) is 2.97. The average Bonchev–Trinajstić information content (AvgIpc) is 3.28. The minimum absolute atomic E-state index is 0.0229.